The highest BCUT2D eigenvalue weighted by molar-refractivity contribution is 7.90. The summed E-state index contributed by atoms with van der Waals surface area (Å²) in [5.41, 5.74) is 0.862. The van der Waals surface area contributed by atoms with Crippen molar-refractivity contribution in [2.75, 3.05) is 12.9 Å². The van der Waals surface area contributed by atoms with E-state index in [-0.39, 0.29) is 16.8 Å². The van der Waals surface area contributed by atoms with Crippen LogP contribution in [-0.4, -0.2) is 27.2 Å². The molecular weight excluding hydrogens is 338 g/mol. The zero-order valence-electron chi connectivity index (χ0n) is 14.4. The molecule has 134 valence electrons. The molecule has 1 atom stereocenters. The predicted molar refractivity (Wildman–Crippen MR) is 97.3 cm³/mol. The van der Waals surface area contributed by atoms with Crippen LogP contribution in [0.1, 0.15) is 31.4 Å². The van der Waals surface area contributed by atoms with Crippen molar-refractivity contribution in [2.24, 2.45) is 0 Å². The number of carbonyl (C=O) groups is 1. The average molecular weight is 361 g/mol. The lowest BCUT2D eigenvalue weighted by Gasteiger charge is -2.15. The molecule has 2 rings (SSSR count). The summed E-state index contributed by atoms with van der Waals surface area (Å²) in [5.74, 6) is 0.735. The molecule has 0 bridgehead atoms. The van der Waals surface area contributed by atoms with Gasteiger partial charge in [0.2, 0.25) is 5.91 Å². The standard InChI is InChI=1S/C19H23NO4S/c1-15(16-10-12-18(13-11-16)25(2,22)23)20-19(21)9-6-14-24-17-7-4-3-5-8-17/h3-5,7-8,10-13,15H,6,9,14H2,1-2H3,(H,20,21)/t15-/m0/s1. The van der Waals surface area contributed by atoms with Crippen LogP contribution in [0.25, 0.3) is 0 Å². The molecule has 0 fully saturated rings. The molecule has 2 aromatic carbocycles. The number of nitrogens with one attached hydrogen (secondary N) is 1. The Bertz CT molecular complexity index is 786. The number of ether oxygens (including phenoxy) is 1. The van der Waals surface area contributed by atoms with Gasteiger partial charge in [0, 0.05) is 12.7 Å². The van der Waals surface area contributed by atoms with Crippen LogP contribution < -0.4 is 10.1 Å². The largest absolute Gasteiger partial charge is 0.494 e. The molecule has 0 aliphatic heterocycles. The van der Waals surface area contributed by atoms with Gasteiger partial charge in [0.15, 0.2) is 9.84 Å². The van der Waals surface area contributed by atoms with Crippen LogP contribution >= 0.6 is 0 Å². The van der Waals surface area contributed by atoms with Gasteiger partial charge < -0.3 is 10.1 Å². The number of sulfone groups is 1. The summed E-state index contributed by atoms with van der Waals surface area (Å²) >= 11 is 0. The second kappa shape index (κ2) is 8.67. The van der Waals surface area contributed by atoms with Crippen LogP contribution in [0.2, 0.25) is 0 Å². The minimum atomic E-state index is -3.21. The molecule has 0 spiro atoms. The normalized spacial score (nSPS) is 12.4. The van der Waals surface area contributed by atoms with E-state index in [1.54, 1.807) is 24.3 Å². The Balaban J connectivity index is 1.76. The molecule has 2 aromatic rings. The summed E-state index contributed by atoms with van der Waals surface area (Å²) in [4.78, 5) is 12.3. The first-order valence-electron chi connectivity index (χ1n) is 8.13. The third-order valence-electron chi connectivity index (χ3n) is 3.75. The van der Waals surface area contributed by atoms with Crippen LogP contribution in [0.15, 0.2) is 59.5 Å². The van der Waals surface area contributed by atoms with E-state index in [1.165, 1.54) is 6.26 Å². The number of para-hydroxylation sites is 1. The lowest BCUT2D eigenvalue weighted by Crippen LogP contribution is -2.26. The van der Waals surface area contributed by atoms with Gasteiger partial charge in [-0.05, 0) is 43.2 Å². The van der Waals surface area contributed by atoms with Gasteiger partial charge in [-0.15, -0.1) is 0 Å². The SMILES string of the molecule is C[C@H](NC(=O)CCCOc1ccccc1)c1ccc(S(C)(=O)=O)cc1. The van der Waals surface area contributed by atoms with Crippen molar-refractivity contribution in [3.63, 3.8) is 0 Å². The molecule has 1 N–H and O–H groups in total. The third kappa shape index (κ3) is 6.23. The second-order valence-corrected chi connectivity index (χ2v) is 7.91. The predicted octanol–water partition coefficient (Wildman–Crippen LogP) is 3.13. The zero-order valence-corrected chi connectivity index (χ0v) is 15.3. The van der Waals surface area contributed by atoms with Crippen molar-refractivity contribution in [1.82, 2.24) is 5.32 Å². The van der Waals surface area contributed by atoms with E-state index in [1.807, 2.05) is 37.3 Å². The lowest BCUT2D eigenvalue weighted by molar-refractivity contribution is -0.121. The Morgan fingerprint density at radius 2 is 1.72 bits per heavy atom. The highest BCUT2D eigenvalue weighted by Gasteiger charge is 2.11. The highest BCUT2D eigenvalue weighted by Crippen LogP contribution is 2.16. The summed E-state index contributed by atoms with van der Waals surface area (Å²) in [7, 11) is -3.21. The first kappa shape index (κ1) is 19.0. The molecule has 0 aliphatic rings. The number of benzene rings is 2. The first-order valence-corrected chi connectivity index (χ1v) is 10.0. The summed E-state index contributed by atoms with van der Waals surface area (Å²) in [6.07, 6.45) is 2.17. The van der Waals surface area contributed by atoms with Crippen molar-refractivity contribution in [2.45, 2.75) is 30.7 Å². The van der Waals surface area contributed by atoms with Crippen LogP contribution in [0.4, 0.5) is 0 Å². The summed E-state index contributed by atoms with van der Waals surface area (Å²) < 4.78 is 28.5. The smallest absolute Gasteiger partial charge is 0.220 e. The number of amides is 1. The molecule has 0 heterocycles. The molecule has 5 nitrogen and oxygen atoms in total. The van der Waals surface area contributed by atoms with E-state index < -0.39 is 9.84 Å². The number of hydrogen-bond donors (Lipinski definition) is 1. The fourth-order valence-electron chi connectivity index (χ4n) is 2.34. The fraction of sp³-hybridized carbons (Fsp3) is 0.316. The molecule has 25 heavy (non-hydrogen) atoms. The van der Waals surface area contributed by atoms with Crippen LogP contribution in [-0.2, 0) is 14.6 Å². The Hall–Kier alpha value is -2.34. The highest BCUT2D eigenvalue weighted by atomic mass is 32.2. The van der Waals surface area contributed by atoms with Gasteiger partial charge in [-0.3, -0.25) is 4.79 Å². The molecule has 0 radical (unpaired) electrons. The summed E-state index contributed by atoms with van der Waals surface area (Å²) in [5, 5.41) is 2.91. The van der Waals surface area contributed by atoms with Crippen molar-refractivity contribution in [3.8, 4) is 5.75 Å². The molecule has 0 saturated heterocycles. The molecule has 0 aromatic heterocycles. The Morgan fingerprint density at radius 1 is 1.08 bits per heavy atom. The van der Waals surface area contributed by atoms with E-state index in [2.05, 4.69) is 5.32 Å². The Morgan fingerprint density at radius 3 is 2.32 bits per heavy atom. The van der Waals surface area contributed by atoms with E-state index >= 15 is 0 Å². The average Bonchev–Trinajstić information content (AvgIpc) is 2.59. The van der Waals surface area contributed by atoms with E-state index in [0.29, 0.717) is 19.4 Å². The minimum Gasteiger partial charge on any atom is -0.494 e. The van der Waals surface area contributed by atoms with E-state index in [0.717, 1.165) is 11.3 Å². The molecule has 0 aliphatic carbocycles. The number of rotatable bonds is 8. The first-order chi connectivity index (χ1) is 11.9. The molecular formula is C19H23NO4S. The maximum absolute atomic E-state index is 12.0. The minimum absolute atomic E-state index is 0.0589. The number of hydrogen-bond acceptors (Lipinski definition) is 4. The Kier molecular flexibility index (Phi) is 6.58. The van der Waals surface area contributed by atoms with Crippen molar-refractivity contribution >= 4 is 15.7 Å². The lowest BCUT2D eigenvalue weighted by atomic mass is 10.1. The quantitative estimate of drug-likeness (QED) is 0.733. The van der Waals surface area contributed by atoms with Crippen molar-refractivity contribution in [3.05, 3.63) is 60.2 Å². The number of carbonyl (C=O) groups excluding carboxylic acids is 1. The van der Waals surface area contributed by atoms with E-state index in [4.69, 9.17) is 4.74 Å². The third-order valence-corrected chi connectivity index (χ3v) is 4.87. The monoisotopic (exact) mass is 361 g/mol. The molecule has 0 saturated carbocycles. The van der Waals surface area contributed by atoms with Crippen LogP contribution in [0.5, 0.6) is 5.75 Å². The maximum Gasteiger partial charge on any atom is 0.220 e. The summed E-state index contributed by atoms with van der Waals surface area (Å²) in [6.45, 7) is 2.35. The fourth-order valence-corrected chi connectivity index (χ4v) is 2.97. The van der Waals surface area contributed by atoms with E-state index in [9.17, 15) is 13.2 Å². The van der Waals surface area contributed by atoms with Crippen LogP contribution in [0, 0.1) is 0 Å². The van der Waals surface area contributed by atoms with Gasteiger partial charge in [-0.2, -0.15) is 0 Å². The van der Waals surface area contributed by atoms with Crippen molar-refractivity contribution in [1.29, 1.82) is 0 Å². The molecule has 0 unspecified atom stereocenters. The van der Waals surface area contributed by atoms with Gasteiger partial charge in [0.1, 0.15) is 5.75 Å². The van der Waals surface area contributed by atoms with Gasteiger partial charge in [0.25, 0.3) is 0 Å². The van der Waals surface area contributed by atoms with Crippen LogP contribution in [0.3, 0.4) is 0 Å². The zero-order chi connectivity index (χ0) is 18.3. The van der Waals surface area contributed by atoms with Gasteiger partial charge in [-0.25, -0.2) is 8.42 Å². The Labute approximate surface area is 148 Å². The maximum atomic E-state index is 12.0. The summed E-state index contributed by atoms with van der Waals surface area (Å²) in [6, 6.07) is 15.9. The second-order valence-electron chi connectivity index (χ2n) is 5.90. The topological polar surface area (TPSA) is 72.5 Å². The van der Waals surface area contributed by atoms with Gasteiger partial charge in [0.05, 0.1) is 17.5 Å². The molecule has 1 amide bonds. The van der Waals surface area contributed by atoms with Crippen molar-refractivity contribution < 1.29 is 17.9 Å². The molecule has 6 heteroatoms. The van der Waals surface area contributed by atoms with Gasteiger partial charge in [-0.1, -0.05) is 30.3 Å². The van der Waals surface area contributed by atoms with Gasteiger partial charge >= 0.3 is 0 Å².